The lowest BCUT2D eigenvalue weighted by Gasteiger charge is -2.13. The molecule has 0 radical (unpaired) electrons. The second-order valence-corrected chi connectivity index (χ2v) is 5.19. The Hall–Kier alpha value is -0.820. The van der Waals surface area contributed by atoms with Crippen LogP contribution in [0.25, 0.3) is 0 Å². The third kappa shape index (κ3) is 2.61. The molecule has 1 unspecified atom stereocenters. The SMILES string of the molecule is Cc1nn(C)c(CC(NN)c2ccc(Br)o2)c1Cl. The fraction of sp³-hybridized carbons (Fsp3) is 0.364. The summed E-state index contributed by atoms with van der Waals surface area (Å²) in [7, 11) is 1.86. The van der Waals surface area contributed by atoms with Gasteiger partial charge in [0.2, 0.25) is 0 Å². The smallest absolute Gasteiger partial charge is 0.169 e. The van der Waals surface area contributed by atoms with Crippen LogP contribution in [0, 0.1) is 6.92 Å². The Morgan fingerprint density at radius 3 is 2.78 bits per heavy atom. The minimum atomic E-state index is -0.149. The minimum Gasteiger partial charge on any atom is -0.453 e. The van der Waals surface area contributed by atoms with Gasteiger partial charge in [-0.25, -0.2) is 5.43 Å². The molecule has 0 spiro atoms. The molecule has 0 saturated carbocycles. The lowest BCUT2D eigenvalue weighted by atomic mass is 10.1. The maximum atomic E-state index is 6.22. The quantitative estimate of drug-likeness (QED) is 0.666. The van der Waals surface area contributed by atoms with Crippen LogP contribution in [0.3, 0.4) is 0 Å². The molecule has 0 fully saturated rings. The summed E-state index contributed by atoms with van der Waals surface area (Å²) in [5.74, 6) is 6.32. The van der Waals surface area contributed by atoms with E-state index in [2.05, 4.69) is 26.5 Å². The van der Waals surface area contributed by atoms with Crippen molar-refractivity contribution in [3.8, 4) is 0 Å². The van der Waals surface area contributed by atoms with Gasteiger partial charge < -0.3 is 4.42 Å². The normalized spacial score (nSPS) is 12.9. The number of halogens is 2. The Kier molecular flexibility index (Phi) is 4.11. The van der Waals surface area contributed by atoms with Crippen LogP contribution in [0.4, 0.5) is 0 Å². The van der Waals surface area contributed by atoms with E-state index in [9.17, 15) is 0 Å². The summed E-state index contributed by atoms with van der Waals surface area (Å²) in [6, 6.07) is 3.55. The van der Waals surface area contributed by atoms with Gasteiger partial charge in [0.05, 0.1) is 22.5 Å². The molecule has 3 N–H and O–H groups in total. The molecule has 7 heteroatoms. The minimum absolute atomic E-state index is 0.149. The molecule has 0 amide bonds. The van der Waals surface area contributed by atoms with Crippen molar-refractivity contribution < 1.29 is 4.42 Å². The van der Waals surface area contributed by atoms with Gasteiger partial charge in [0.15, 0.2) is 4.67 Å². The van der Waals surface area contributed by atoms with Gasteiger partial charge in [-0.3, -0.25) is 10.5 Å². The summed E-state index contributed by atoms with van der Waals surface area (Å²) in [5, 5.41) is 4.94. The van der Waals surface area contributed by atoms with Crippen molar-refractivity contribution in [3.05, 3.63) is 39.0 Å². The van der Waals surface area contributed by atoms with Crippen LogP contribution in [0.5, 0.6) is 0 Å². The van der Waals surface area contributed by atoms with Gasteiger partial charge in [0.25, 0.3) is 0 Å². The van der Waals surface area contributed by atoms with Crippen molar-refractivity contribution in [2.24, 2.45) is 12.9 Å². The lowest BCUT2D eigenvalue weighted by Crippen LogP contribution is -2.29. The van der Waals surface area contributed by atoms with E-state index in [1.165, 1.54) is 0 Å². The number of hydrazine groups is 1. The first kappa shape index (κ1) is 13.6. The van der Waals surface area contributed by atoms with Crippen LogP contribution in [0.2, 0.25) is 5.02 Å². The fourth-order valence-electron chi connectivity index (χ4n) is 1.85. The van der Waals surface area contributed by atoms with E-state index in [-0.39, 0.29) is 6.04 Å². The summed E-state index contributed by atoms with van der Waals surface area (Å²) >= 11 is 9.49. The second kappa shape index (κ2) is 5.44. The van der Waals surface area contributed by atoms with E-state index < -0.39 is 0 Å². The molecule has 0 aromatic carbocycles. The zero-order valence-corrected chi connectivity index (χ0v) is 12.4. The van der Waals surface area contributed by atoms with Crippen molar-refractivity contribution in [1.29, 1.82) is 0 Å². The third-order valence-corrected chi connectivity index (χ3v) is 3.72. The average Bonchev–Trinajstić information content (AvgIpc) is 2.84. The first-order valence-electron chi connectivity index (χ1n) is 5.42. The molecule has 0 aliphatic carbocycles. The largest absolute Gasteiger partial charge is 0.453 e. The summed E-state index contributed by atoms with van der Waals surface area (Å²) in [5.41, 5.74) is 4.46. The van der Waals surface area contributed by atoms with Crippen molar-refractivity contribution >= 4 is 27.5 Å². The van der Waals surface area contributed by atoms with Crippen LogP contribution in [0.1, 0.15) is 23.2 Å². The van der Waals surface area contributed by atoms with E-state index in [4.69, 9.17) is 21.9 Å². The van der Waals surface area contributed by atoms with Crippen LogP contribution in [0.15, 0.2) is 21.2 Å². The molecular formula is C11H14BrClN4O. The first-order chi connectivity index (χ1) is 8.52. The standard InChI is InChI=1S/C11H14BrClN4O/c1-6-11(13)8(17(2)16-6)5-7(15-14)9-3-4-10(12)18-9/h3-4,7,15H,5,14H2,1-2H3. The molecule has 2 heterocycles. The van der Waals surface area contributed by atoms with E-state index in [0.717, 1.165) is 17.1 Å². The molecule has 0 saturated heterocycles. The van der Waals surface area contributed by atoms with E-state index in [1.807, 2.05) is 26.1 Å². The van der Waals surface area contributed by atoms with Gasteiger partial charge in [-0.05, 0) is 35.0 Å². The number of nitrogens with one attached hydrogen (secondary N) is 1. The van der Waals surface area contributed by atoms with E-state index in [1.54, 1.807) is 4.68 Å². The monoisotopic (exact) mass is 332 g/mol. The molecule has 18 heavy (non-hydrogen) atoms. The molecule has 0 bridgehead atoms. The summed E-state index contributed by atoms with van der Waals surface area (Å²) in [4.78, 5) is 0. The highest BCUT2D eigenvalue weighted by atomic mass is 79.9. The Morgan fingerprint density at radius 2 is 2.33 bits per heavy atom. The van der Waals surface area contributed by atoms with E-state index >= 15 is 0 Å². The van der Waals surface area contributed by atoms with Crippen LogP contribution < -0.4 is 11.3 Å². The lowest BCUT2D eigenvalue weighted by molar-refractivity contribution is 0.399. The maximum absolute atomic E-state index is 6.22. The molecule has 98 valence electrons. The molecule has 2 aromatic rings. The Balaban J connectivity index is 2.25. The Bertz CT molecular complexity index is 551. The fourth-order valence-corrected chi connectivity index (χ4v) is 2.41. The predicted molar refractivity (Wildman–Crippen MR) is 73.1 cm³/mol. The predicted octanol–water partition coefficient (Wildman–Crippen LogP) is 2.48. The summed E-state index contributed by atoms with van der Waals surface area (Å²) in [6.07, 6.45) is 0.604. The van der Waals surface area contributed by atoms with Crippen molar-refractivity contribution in [2.75, 3.05) is 0 Å². The van der Waals surface area contributed by atoms with Gasteiger partial charge in [-0.15, -0.1) is 0 Å². The molecule has 2 aromatic heterocycles. The third-order valence-electron chi connectivity index (χ3n) is 2.80. The average molecular weight is 334 g/mol. The van der Waals surface area contributed by atoms with Crippen molar-refractivity contribution in [3.63, 3.8) is 0 Å². The molecule has 1 atom stereocenters. The number of nitrogens with two attached hydrogens (primary N) is 1. The number of aryl methyl sites for hydroxylation is 2. The van der Waals surface area contributed by atoms with Gasteiger partial charge in [-0.2, -0.15) is 5.10 Å². The number of rotatable bonds is 4. The molecular weight excluding hydrogens is 320 g/mol. The highest BCUT2D eigenvalue weighted by molar-refractivity contribution is 9.10. The molecule has 0 aliphatic rings. The molecule has 5 nitrogen and oxygen atoms in total. The number of hydrogen-bond acceptors (Lipinski definition) is 4. The zero-order valence-electron chi connectivity index (χ0n) is 10.1. The molecule has 0 aliphatic heterocycles. The Labute approximate surface area is 118 Å². The van der Waals surface area contributed by atoms with Gasteiger partial charge in [-0.1, -0.05) is 11.6 Å². The van der Waals surface area contributed by atoms with Gasteiger partial charge in [0.1, 0.15) is 5.76 Å². The maximum Gasteiger partial charge on any atom is 0.169 e. The van der Waals surface area contributed by atoms with Crippen molar-refractivity contribution in [1.82, 2.24) is 15.2 Å². The topological polar surface area (TPSA) is 69.0 Å². The summed E-state index contributed by atoms with van der Waals surface area (Å²) in [6.45, 7) is 1.88. The first-order valence-corrected chi connectivity index (χ1v) is 6.59. The summed E-state index contributed by atoms with van der Waals surface area (Å²) < 4.78 is 7.93. The van der Waals surface area contributed by atoms with Gasteiger partial charge >= 0.3 is 0 Å². The number of aromatic nitrogens is 2. The Morgan fingerprint density at radius 1 is 1.61 bits per heavy atom. The van der Waals surface area contributed by atoms with Crippen LogP contribution in [-0.2, 0) is 13.5 Å². The van der Waals surface area contributed by atoms with Crippen molar-refractivity contribution in [2.45, 2.75) is 19.4 Å². The highest BCUT2D eigenvalue weighted by Gasteiger charge is 2.20. The number of hydrogen-bond donors (Lipinski definition) is 2. The molecule has 2 rings (SSSR count). The zero-order chi connectivity index (χ0) is 13.3. The van der Waals surface area contributed by atoms with E-state index in [0.29, 0.717) is 16.1 Å². The van der Waals surface area contributed by atoms with Crippen LogP contribution >= 0.6 is 27.5 Å². The second-order valence-electron chi connectivity index (χ2n) is 4.03. The van der Waals surface area contributed by atoms with Crippen LogP contribution in [-0.4, -0.2) is 9.78 Å². The number of nitrogens with zero attached hydrogens (tertiary/aromatic N) is 2. The number of furan rings is 1. The van der Waals surface area contributed by atoms with Gasteiger partial charge in [0, 0.05) is 13.5 Å². The highest BCUT2D eigenvalue weighted by Crippen LogP contribution is 2.27.